The maximum atomic E-state index is 13.1. The summed E-state index contributed by atoms with van der Waals surface area (Å²) in [5, 5.41) is 10.6. The van der Waals surface area contributed by atoms with E-state index in [2.05, 4.69) is 41.5 Å². The Kier molecular flexibility index (Phi) is 71.2. The Labute approximate surface area is 613 Å². The van der Waals surface area contributed by atoms with Gasteiger partial charge in [-0.15, -0.1) is 0 Å². The van der Waals surface area contributed by atoms with Crippen LogP contribution in [-0.2, 0) is 65.4 Å². The summed E-state index contributed by atoms with van der Waals surface area (Å²) in [5.41, 5.74) is 0. The summed E-state index contributed by atoms with van der Waals surface area (Å²) in [6.45, 7) is 9.68. The van der Waals surface area contributed by atoms with Crippen LogP contribution in [0.1, 0.15) is 427 Å². The Morgan fingerprint density at radius 2 is 0.460 bits per heavy atom. The van der Waals surface area contributed by atoms with E-state index < -0.39 is 97.5 Å². The van der Waals surface area contributed by atoms with Gasteiger partial charge in [0.05, 0.1) is 26.4 Å². The molecule has 0 aliphatic carbocycles. The van der Waals surface area contributed by atoms with Gasteiger partial charge in [0.2, 0.25) is 0 Å². The number of hydrogen-bond acceptors (Lipinski definition) is 15. The summed E-state index contributed by atoms with van der Waals surface area (Å²) in [6.07, 6.45) is 62.5. The zero-order valence-corrected chi connectivity index (χ0v) is 67.3. The van der Waals surface area contributed by atoms with E-state index in [-0.39, 0.29) is 25.7 Å². The van der Waals surface area contributed by atoms with E-state index in [4.69, 9.17) is 37.0 Å². The second-order valence-corrected chi connectivity index (χ2v) is 33.0. The summed E-state index contributed by atoms with van der Waals surface area (Å²) in [6, 6.07) is 0. The average Bonchev–Trinajstić information content (AvgIpc) is 0.979. The van der Waals surface area contributed by atoms with E-state index in [1.807, 2.05) is 0 Å². The van der Waals surface area contributed by atoms with Crippen molar-refractivity contribution in [1.82, 2.24) is 0 Å². The fraction of sp³-hybridized carbons (Fsp3) is 0.951. The summed E-state index contributed by atoms with van der Waals surface area (Å²) >= 11 is 0. The number of rotatable bonds is 80. The van der Waals surface area contributed by atoms with Crippen molar-refractivity contribution in [2.24, 2.45) is 11.8 Å². The van der Waals surface area contributed by atoms with Gasteiger partial charge in [-0.25, -0.2) is 9.13 Å². The van der Waals surface area contributed by atoms with Gasteiger partial charge in [-0.05, 0) is 37.5 Å². The van der Waals surface area contributed by atoms with Crippen molar-refractivity contribution in [3.63, 3.8) is 0 Å². The third-order valence-electron chi connectivity index (χ3n) is 19.0. The Balaban J connectivity index is 5.18. The molecule has 100 heavy (non-hydrogen) atoms. The molecule has 0 amide bonds. The highest BCUT2D eigenvalue weighted by molar-refractivity contribution is 7.47. The van der Waals surface area contributed by atoms with E-state index in [1.165, 1.54) is 244 Å². The smallest absolute Gasteiger partial charge is 0.462 e. The van der Waals surface area contributed by atoms with Crippen molar-refractivity contribution >= 4 is 39.5 Å². The molecule has 17 nitrogen and oxygen atoms in total. The van der Waals surface area contributed by atoms with Crippen LogP contribution in [0.3, 0.4) is 0 Å². The first-order chi connectivity index (χ1) is 48.4. The SMILES string of the molecule is CCCCCCCCCCCCC(=O)OC[C@H](COP(=O)(O)OC[C@H](O)COP(=O)(O)OC[C@@H](COC(=O)CCCCCCCCCCCCCCCCCCC(C)C)OC(=O)CCCCCCCCCCCCCCCCCCCCC(C)C)OC(=O)CCCCCCCCCCCC. The van der Waals surface area contributed by atoms with Gasteiger partial charge < -0.3 is 33.8 Å². The van der Waals surface area contributed by atoms with E-state index in [0.717, 1.165) is 102 Å². The monoisotopic (exact) mass is 1470 g/mol. The van der Waals surface area contributed by atoms with Gasteiger partial charge in [0, 0.05) is 25.7 Å². The fourth-order valence-electron chi connectivity index (χ4n) is 12.5. The second-order valence-electron chi connectivity index (χ2n) is 30.1. The fourth-order valence-corrected chi connectivity index (χ4v) is 14.1. The Morgan fingerprint density at radius 3 is 0.680 bits per heavy atom. The van der Waals surface area contributed by atoms with Gasteiger partial charge in [0.15, 0.2) is 12.2 Å². The lowest BCUT2D eigenvalue weighted by Gasteiger charge is -2.21. The molecule has 0 aliphatic heterocycles. The van der Waals surface area contributed by atoms with Gasteiger partial charge in [-0.2, -0.15) is 0 Å². The number of ether oxygens (including phenoxy) is 4. The van der Waals surface area contributed by atoms with Crippen LogP contribution < -0.4 is 0 Å². The lowest BCUT2D eigenvalue weighted by molar-refractivity contribution is -0.161. The third kappa shape index (κ3) is 74.3. The zero-order chi connectivity index (χ0) is 73.5. The molecule has 0 rings (SSSR count). The highest BCUT2D eigenvalue weighted by Crippen LogP contribution is 2.45. The first-order valence-corrected chi connectivity index (χ1v) is 45.0. The minimum absolute atomic E-state index is 0.107. The van der Waals surface area contributed by atoms with Crippen LogP contribution in [0.15, 0.2) is 0 Å². The number of carbonyl (C=O) groups excluding carboxylic acids is 4. The number of hydrogen-bond donors (Lipinski definition) is 3. The van der Waals surface area contributed by atoms with E-state index in [0.29, 0.717) is 25.7 Å². The molecular weight excluding hydrogens is 1310 g/mol. The van der Waals surface area contributed by atoms with E-state index in [1.54, 1.807) is 0 Å². The number of aliphatic hydroxyl groups is 1. The average molecular weight is 1470 g/mol. The Hall–Kier alpha value is -1.94. The molecule has 0 radical (unpaired) electrons. The van der Waals surface area contributed by atoms with Crippen molar-refractivity contribution < 1.29 is 80.2 Å². The predicted octanol–water partition coefficient (Wildman–Crippen LogP) is 24.3. The minimum atomic E-state index is -4.96. The van der Waals surface area contributed by atoms with E-state index >= 15 is 0 Å². The molecule has 0 spiro atoms. The molecule has 0 saturated carbocycles. The molecule has 0 fully saturated rings. The van der Waals surface area contributed by atoms with Crippen LogP contribution in [0.2, 0.25) is 0 Å². The molecule has 0 aliphatic rings. The molecule has 2 unspecified atom stereocenters. The standard InChI is InChI=1S/C81H158O17P2/c1-7-9-11-13-15-17-39-45-51-57-63-78(83)91-69-76(97-80(85)65-59-53-47-40-18-16-14-12-10-8-2)71-95-99(87,88)93-67-75(82)68-94-100(89,90)96-72-77(70-92-79(84)64-58-52-46-41-35-31-27-24-23-26-30-34-38-44-50-56-62-74(5)6)98-81(86)66-60-54-48-42-36-32-28-22-20-19-21-25-29-33-37-43-49-55-61-73(3)4/h73-77,82H,7-72H2,1-6H3,(H,87,88)(H,89,90)/t75-,76+,77+/m0/s1. The quantitative estimate of drug-likeness (QED) is 0.0222. The highest BCUT2D eigenvalue weighted by Gasteiger charge is 2.30. The summed E-state index contributed by atoms with van der Waals surface area (Å²) in [5.74, 6) is -0.477. The number of aliphatic hydroxyl groups excluding tert-OH is 1. The van der Waals surface area contributed by atoms with Crippen molar-refractivity contribution in [1.29, 1.82) is 0 Å². The topological polar surface area (TPSA) is 237 Å². The molecule has 0 heterocycles. The molecule has 594 valence electrons. The van der Waals surface area contributed by atoms with Gasteiger partial charge in [0.25, 0.3) is 0 Å². The molecule has 0 aromatic rings. The number of esters is 4. The summed E-state index contributed by atoms with van der Waals surface area (Å²) in [7, 11) is -9.91. The normalized spacial score (nSPS) is 13.9. The van der Waals surface area contributed by atoms with Crippen LogP contribution in [-0.4, -0.2) is 96.7 Å². The van der Waals surface area contributed by atoms with Crippen molar-refractivity contribution in [3.05, 3.63) is 0 Å². The number of unbranched alkanes of at least 4 members (excludes halogenated alkanes) is 50. The minimum Gasteiger partial charge on any atom is -0.462 e. The van der Waals surface area contributed by atoms with Crippen LogP contribution in [0.5, 0.6) is 0 Å². The molecule has 0 bridgehead atoms. The first kappa shape index (κ1) is 98.1. The van der Waals surface area contributed by atoms with E-state index in [9.17, 15) is 43.2 Å². The Morgan fingerprint density at radius 1 is 0.270 bits per heavy atom. The van der Waals surface area contributed by atoms with Crippen LogP contribution in [0.25, 0.3) is 0 Å². The highest BCUT2D eigenvalue weighted by atomic mass is 31.2. The zero-order valence-electron chi connectivity index (χ0n) is 65.5. The molecule has 0 aromatic carbocycles. The van der Waals surface area contributed by atoms with Crippen LogP contribution >= 0.6 is 15.6 Å². The second kappa shape index (κ2) is 72.6. The molecule has 5 atom stereocenters. The van der Waals surface area contributed by atoms with Crippen molar-refractivity contribution in [2.45, 2.75) is 445 Å². The van der Waals surface area contributed by atoms with Gasteiger partial charge >= 0.3 is 39.5 Å². The number of phosphoric ester groups is 2. The summed E-state index contributed by atoms with van der Waals surface area (Å²) < 4.78 is 68.6. The molecule has 0 saturated heterocycles. The van der Waals surface area contributed by atoms with Crippen molar-refractivity contribution in [3.8, 4) is 0 Å². The number of phosphoric acid groups is 2. The largest absolute Gasteiger partial charge is 0.472 e. The molecule has 3 N–H and O–H groups in total. The predicted molar refractivity (Wildman–Crippen MR) is 409 cm³/mol. The van der Waals surface area contributed by atoms with Gasteiger partial charge in [-0.3, -0.25) is 37.3 Å². The van der Waals surface area contributed by atoms with Gasteiger partial charge in [0.1, 0.15) is 19.3 Å². The van der Waals surface area contributed by atoms with Gasteiger partial charge in [-0.1, -0.05) is 375 Å². The maximum absolute atomic E-state index is 13.1. The molecule has 0 aromatic heterocycles. The Bertz CT molecular complexity index is 1920. The lowest BCUT2D eigenvalue weighted by Crippen LogP contribution is -2.30. The van der Waals surface area contributed by atoms with Crippen LogP contribution in [0, 0.1) is 11.8 Å². The number of carbonyl (C=O) groups is 4. The molecular formula is C81H158O17P2. The van der Waals surface area contributed by atoms with Crippen molar-refractivity contribution in [2.75, 3.05) is 39.6 Å². The van der Waals surface area contributed by atoms with Crippen LogP contribution in [0.4, 0.5) is 0 Å². The maximum Gasteiger partial charge on any atom is 0.472 e. The molecule has 19 heteroatoms. The third-order valence-corrected chi connectivity index (χ3v) is 20.9. The lowest BCUT2D eigenvalue weighted by atomic mass is 10.0. The summed E-state index contributed by atoms with van der Waals surface area (Å²) in [4.78, 5) is 72.9. The first-order valence-electron chi connectivity index (χ1n) is 42.0.